The van der Waals surface area contributed by atoms with E-state index in [9.17, 15) is 35.4 Å². The first-order chi connectivity index (χ1) is 16.2. The van der Waals surface area contributed by atoms with Crippen molar-refractivity contribution in [1.82, 2.24) is 0 Å². The van der Waals surface area contributed by atoms with Crippen molar-refractivity contribution < 1.29 is 58.7 Å². The van der Waals surface area contributed by atoms with Gasteiger partial charge >= 0.3 is 5.63 Å². The van der Waals surface area contributed by atoms with Crippen molar-refractivity contribution >= 4 is 11.0 Å². The molecular weight excluding hydrogens is 460 g/mol. The maximum absolute atomic E-state index is 11.6. The van der Waals surface area contributed by atoms with Gasteiger partial charge in [0.2, 0.25) is 6.29 Å². The van der Waals surface area contributed by atoms with Gasteiger partial charge in [-0.15, -0.1) is 0 Å². The normalized spacial score (nSPS) is 36.0. The molecule has 8 atom stereocenters. The van der Waals surface area contributed by atoms with E-state index >= 15 is 0 Å². The first-order valence-electron chi connectivity index (χ1n) is 10.4. The van der Waals surface area contributed by atoms with Crippen LogP contribution in [-0.4, -0.2) is 106 Å². The zero-order valence-electron chi connectivity index (χ0n) is 18.0. The number of hydrogen-bond acceptors (Lipinski definition) is 13. The third kappa shape index (κ3) is 4.49. The number of ether oxygens (including phenoxy) is 5. The van der Waals surface area contributed by atoms with Crippen molar-refractivity contribution in [3.05, 3.63) is 34.7 Å². The highest BCUT2D eigenvalue weighted by Gasteiger charge is 2.53. The fourth-order valence-corrected chi connectivity index (χ4v) is 3.81. The molecule has 1 unspecified atom stereocenters. The van der Waals surface area contributed by atoms with Crippen molar-refractivity contribution in [2.24, 2.45) is 0 Å². The predicted molar refractivity (Wildman–Crippen MR) is 110 cm³/mol. The number of hydrogen-bond donors (Lipinski definition) is 6. The van der Waals surface area contributed by atoms with E-state index in [2.05, 4.69) is 0 Å². The lowest BCUT2D eigenvalue weighted by atomic mass is 9.98. The fourth-order valence-electron chi connectivity index (χ4n) is 3.81. The highest BCUT2D eigenvalue weighted by Crippen LogP contribution is 2.36. The minimum absolute atomic E-state index is 0.0166. The molecule has 2 saturated heterocycles. The third-order valence-corrected chi connectivity index (χ3v) is 5.84. The molecule has 13 nitrogen and oxygen atoms in total. The van der Waals surface area contributed by atoms with Crippen molar-refractivity contribution in [2.45, 2.75) is 48.7 Å². The summed E-state index contributed by atoms with van der Waals surface area (Å²) >= 11 is 0. The number of aliphatic hydroxyl groups excluding tert-OH is 5. The van der Waals surface area contributed by atoms with Crippen LogP contribution in [0.3, 0.4) is 0 Å². The van der Waals surface area contributed by atoms with Gasteiger partial charge in [0.25, 0.3) is 0 Å². The number of aliphatic hydroxyl groups is 6. The molecule has 2 fully saturated rings. The highest BCUT2D eigenvalue weighted by molar-refractivity contribution is 5.80. The Hall–Kier alpha value is -2.33. The van der Waals surface area contributed by atoms with E-state index in [0.29, 0.717) is 5.39 Å². The Morgan fingerprint density at radius 1 is 1.09 bits per heavy atom. The second-order valence-electron chi connectivity index (χ2n) is 8.11. The molecular formula is C21H26O13. The molecule has 0 spiro atoms. The molecule has 1 aromatic carbocycles. The molecule has 4 rings (SSSR count). The molecule has 2 aliphatic rings. The van der Waals surface area contributed by atoms with E-state index in [1.54, 1.807) is 0 Å². The van der Waals surface area contributed by atoms with Crippen LogP contribution in [0, 0.1) is 0 Å². The first kappa shape index (κ1) is 24.8. The summed E-state index contributed by atoms with van der Waals surface area (Å²) in [5.41, 5.74) is -2.42. The minimum Gasteiger partial charge on any atom is -0.493 e. The van der Waals surface area contributed by atoms with Gasteiger partial charge in [0, 0.05) is 17.5 Å². The zero-order valence-corrected chi connectivity index (χ0v) is 18.0. The lowest BCUT2D eigenvalue weighted by Crippen LogP contribution is -2.62. The molecule has 6 N–H and O–H groups in total. The van der Waals surface area contributed by atoms with Crippen molar-refractivity contribution in [3.8, 4) is 11.5 Å². The lowest BCUT2D eigenvalue weighted by molar-refractivity contribution is -0.319. The van der Waals surface area contributed by atoms with Gasteiger partial charge in [-0.25, -0.2) is 4.79 Å². The van der Waals surface area contributed by atoms with E-state index in [0.717, 1.165) is 0 Å². The summed E-state index contributed by atoms with van der Waals surface area (Å²) in [7, 11) is 1.37. The summed E-state index contributed by atoms with van der Waals surface area (Å²) < 4.78 is 32.7. The highest BCUT2D eigenvalue weighted by atomic mass is 16.8. The molecule has 0 saturated carbocycles. The second-order valence-corrected chi connectivity index (χ2v) is 8.11. The Morgan fingerprint density at radius 3 is 2.50 bits per heavy atom. The lowest BCUT2D eigenvalue weighted by Gasteiger charge is -2.42. The summed E-state index contributed by atoms with van der Waals surface area (Å²) in [4.78, 5) is 11.6. The van der Waals surface area contributed by atoms with E-state index in [1.165, 1.54) is 31.4 Å². The van der Waals surface area contributed by atoms with Crippen LogP contribution >= 0.6 is 0 Å². The van der Waals surface area contributed by atoms with Gasteiger partial charge in [-0.1, -0.05) is 0 Å². The fraction of sp³-hybridized carbons (Fsp3) is 0.571. The summed E-state index contributed by atoms with van der Waals surface area (Å²) in [6.07, 6.45) is -10.7. The molecule has 0 bridgehead atoms. The summed E-state index contributed by atoms with van der Waals surface area (Å²) in [5, 5.41) is 60.9. The van der Waals surface area contributed by atoms with E-state index in [1.807, 2.05) is 0 Å². The number of methoxy groups -OCH3 is 1. The standard InChI is InChI=1S/C21H26O13/c1-29-11-4-9-2-3-14(24)31-10(9)5-12(11)32-19-17(16(26)15(25)13(6-22)33-19)34-20-18(27)21(28,7-23)8-30-20/h2-5,13,15-20,22-23,25-28H,6-8H2,1H3/t13-,15-,16+,17-,18+,19-,20?,21-/m1/s1. The quantitative estimate of drug-likeness (QED) is 0.224. The van der Waals surface area contributed by atoms with Gasteiger partial charge in [0.05, 0.1) is 26.9 Å². The smallest absolute Gasteiger partial charge is 0.336 e. The number of rotatable bonds is 7. The molecule has 0 aliphatic carbocycles. The van der Waals surface area contributed by atoms with E-state index in [4.69, 9.17) is 28.1 Å². The van der Waals surface area contributed by atoms with E-state index < -0.39 is 74.1 Å². The molecule has 13 heteroatoms. The SMILES string of the molecule is COc1cc2ccc(=O)oc2cc1O[C@@H]1O[C@H](CO)[C@@H](O)[C@H](O)[C@H]1OC1OC[C@](O)(CO)[C@H]1O. The Balaban J connectivity index is 1.65. The second kappa shape index (κ2) is 9.73. The van der Waals surface area contributed by atoms with Crippen LogP contribution in [0.5, 0.6) is 11.5 Å². The van der Waals surface area contributed by atoms with Gasteiger partial charge < -0.3 is 58.7 Å². The van der Waals surface area contributed by atoms with Crippen LogP contribution in [0.4, 0.5) is 0 Å². The third-order valence-electron chi connectivity index (χ3n) is 5.84. The first-order valence-corrected chi connectivity index (χ1v) is 10.4. The van der Waals surface area contributed by atoms with Crippen LogP contribution in [0.15, 0.2) is 33.5 Å². The zero-order chi connectivity index (χ0) is 24.6. The predicted octanol–water partition coefficient (Wildman–Crippen LogP) is -2.55. The molecule has 1 aromatic heterocycles. The van der Waals surface area contributed by atoms with Gasteiger partial charge in [-0.2, -0.15) is 0 Å². The molecule has 188 valence electrons. The van der Waals surface area contributed by atoms with Gasteiger partial charge in [0.1, 0.15) is 35.6 Å². The summed E-state index contributed by atoms with van der Waals surface area (Å²) in [6, 6.07) is 5.65. The van der Waals surface area contributed by atoms with Crippen LogP contribution in [0.1, 0.15) is 0 Å². The topological polar surface area (TPSA) is 198 Å². The average molecular weight is 486 g/mol. The Bertz CT molecular complexity index is 1060. The molecule has 34 heavy (non-hydrogen) atoms. The average Bonchev–Trinajstić information content (AvgIpc) is 3.12. The van der Waals surface area contributed by atoms with Crippen molar-refractivity contribution in [3.63, 3.8) is 0 Å². The largest absolute Gasteiger partial charge is 0.493 e. The van der Waals surface area contributed by atoms with Crippen molar-refractivity contribution in [1.29, 1.82) is 0 Å². The molecule has 0 radical (unpaired) electrons. The van der Waals surface area contributed by atoms with Gasteiger partial charge in [0.15, 0.2) is 23.9 Å². The Labute approximate surface area is 192 Å². The molecule has 2 aromatic rings. The van der Waals surface area contributed by atoms with Crippen LogP contribution in [0.2, 0.25) is 0 Å². The molecule has 2 aliphatic heterocycles. The molecule has 0 amide bonds. The summed E-state index contributed by atoms with van der Waals surface area (Å²) in [5.74, 6) is 0.222. The van der Waals surface area contributed by atoms with E-state index in [-0.39, 0.29) is 17.1 Å². The maximum Gasteiger partial charge on any atom is 0.336 e. The summed E-state index contributed by atoms with van der Waals surface area (Å²) in [6.45, 7) is -1.93. The van der Waals surface area contributed by atoms with Crippen LogP contribution in [0.25, 0.3) is 11.0 Å². The Morgan fingerprint density at radius 2 is 1.85 bits per heavy atom. The number of benzene rings is 1. The Kier molecular flexibility index (Phi) is 7.09. The van der Waals surface area contributed by atoms with Gasteiger partial charge in [-0.05, 0) is 12.1 Å². The maximum atomic E-state index is 11.6. The minimum atomic E-state index is -1.99. The van der Waals surface area contributed by atoms with Crippen LogP contribution in [-0.2, 0) is 14.2 Å². The van der Waals surface area contributed by atoms with Crippen LogP contribution < -0.4 is 15.1 Å². The molecule has 3 heterocycles. The number of fused-ring (bicyclic) bond motifs is 1. The van der Waals surface area contributed by atoms with Crippen molar-refractivity contribution in [2.75, 3.05) is 26.9 Å². The monoisotopic (exact) mass is 486 g/mol. The van der Waals surface area contributed by atoms with Gasteiger partial charge in [-0.3, -0.25) is 0 Å².